The molecule has 1 aromatic rings. The molecule has 0 spiro atoms. The average Bonchev–Trinajstić information content (AvgIpc) is 2.51. The number of carbonyl (C=O) groups is 2. The summed E-state index contributed by atoms with van der Waals surface area (Å²) in [6.45, 7) is 5.08. The Morgan fingerprint density at radius 1 is 1.08 bits per heavy atom. The Bertz CT molecular complexity index is 597. The molecule has 0 saturated heterocycles. The minimum atomic E-state index is -1.22. The van der Waals surface area contributed by atoms with Crippen LogP contribution in [-0.4, -0.2) is 50.1 Å². The van der Waals surface area contributed by atoms with E-state index in [1.165, 1.54) is 21.3 Å². The number of hydrogen-bond donors (Lipinski definition) is 2. The number of methoxy groups -OCH3 is 3. The summed E-state index contributed by atoms with van der Waals surface area (Å²) < 4.78 is 20.9. The summed E-state index contributed by atoms with van der Waals surface area (Å²) >= 11 is 0. The number of rotatable bonds is 7. The van der Waals surface area contributed by atoms with Crippen LogP contribution in [0.4, 0.5) is 4.79 Å². The quantitative estimate of drug-likeness (QED) is 0.773. The van der Waals surface area contributed by atoms with E-state index in [2.05, 4.69) is 5.32 Å². The molecule has 0 unspecified atom stereocenters. The van der Waals surface area contributed by atoms with E-state index in [0.717, 1.165) is 0 Å². The molecule has 0 aliphatic heterocycles. The molecule has 2 N–H and O–H groups in total. The minimum absolute atomic E-state index is 0.0507. The summed E-state index contributed by atoms with van der Waals surface area (Å²) in [4.78, 5) is 23.4. The first-order valence-electron chi connectivity index (χ1n) is 7.62. The summed E-state index contributed by atoms with van der Waals surface area (Å²) in [5.74, 6) is 0.0945. The van der Waals surface area contributed by atoms with Gasteiger partial charge in [-0.05, 0) is 20.8 Å². The molecule has 0 radical (unpaired) electrons. The van der Waals surface area contributed by atoms with Gasteiger partial charge in [-0.1, -0.05) is 0 Å². The Morgan fingerprint density at radius 2 is 1.60 bits per heavy atom. The van der Waals surface area contributed by atoms with Crippen LogP contribution in [0.5, 0.6) is 17.2 Å². The maximum Gasteiger partial charge on any atom is 0.408 e. The van der Waals surface area contributed by atoms with Crippen LogP contribution in [-0.2, 0) is 16.0 Å². The van der Waals surface area contributed by atoms with Gasteiger partial charge in [0.1, 0.15) is 28.9 Å². The number of nitrogens with one attached hydrogen (secondary N) is 1. The highest BCUT2D eigenvalue weighted by atomic mass is 16.6. The van der Waals surface area contributed by atoms with Crippen molar-refractivity contribution in [1.82, 2.24) is 5.32 Å². The number of amides is 1. The molecular formula is C17H25NO7. The van der Waals surface area contributed by atoms with E-state index in [1.807, 2.05) is 0 Å². The van der Waals surface area contributed by atoms with Crippen LogP contribution in [0.2, 0.25) is 0 Å². The monoisotopic (exact) mass is 355 g/mol. The van der Waals surface area contributed by atoms with E-state index in [0.29, 0.717) is 22.8 Å². The molecule has 0 aliphatic carbocycles. The van der Waals surface area contributed by atoms with Crippen LogP contribution >= 0.6 is 0 Å². The second kappa shape index (κ2) is 8.46. The lowest BCUT2D eigenvalue weighted by atomic mass is 10.0. The second-order valence-corrected chi connectivity index (χ2v) is 6.25. The third-order valence-electron chi connectivity index (χ3n) is 3.21. The van der Waals surface area contributed by atoms with E-state index in [1.54, 1.807) is 32.9 Å². The maximum absolute atomic E-state index is 11.9. The normalized spacial score (nSPS) is 12.1. The van der Waals surface area contributed by atoms with Crippen molar-refractivity contribution in [1.29, 1.82) is 0 Å². The number of ether oxygens (including phenoxy) is 4. The smallest absolute Gasteiger partial charge is 0.408 e. The number of benzene rings is 1. The van der Waals surface area contributed by atoms with Gasteiger partial charge in [0.2, 0.25) is 0 Å². The molecule has 0 saturated carbocycles. The van der Waals surface area contributed by atoms with Crippen molar-refractivity contribution in [2.75, 3.05) is 21.3 Å². The molecule has 140 valence electrons. The Balaban J connectivity index is 3.09. The number of hydrogen-bond acceptors (Lipinski definition) is 6. The zero-order chi connectivity index (χ0) is 19.2. The lowest BCUT2D eigenvalue weighted by Crippen LogP contribution is -2.44. The van der Waals surface area contributed by atoms with E-state index in [9.17, 15) is 14.7 Å². The topological polar surface area (TPSA) is 103 Å². The van der Waals surface area contributed by atoms with Crippen LogP contribution in [0, 0.1) is 0 Å². The molecule has 1 aromatic carbocycles. The molecule has 0 aromatic heterocycles. The summed E-state index contributed by atoms with van der Waals surface area (Å²) in [6, 6.07) is 2.01. The van der Waals surface area contributed by atoms with E-state index >= 15 is 0 Å². The average molecular weight is 355 g/mol. The summed E-state index contributed by atoms with van der Waals surface area (Å²) in [5, 5.41) is 11.8. The Hall–Kier alpha value is -2.64. The van der Waals surface area contributed by atoms with Crippen LogP contribution in [0.15, 0.2) is 12.1 Å². The van der Waals surface area contributed by atoms with Crippen LogP contribution < -0.4 is 19.5 Å². The molecule has 1 amide bonds. The highest BCUT2D eigenvalue weighted by Gasteiger charge is 2.27. The van der Waals surface area contributed by atoms with E-state index < -0.39 is 23.7 Å². The third-order valence-corrected chi connectivity index (χ3v) is 3.21. The number of carboxylic acids is 1. The minimum Gasteiger partial charge on any atom is -0.496 e. The maximum atomic E-state index is 11.9. The fourth-order valence-electron chi connectivity index (χ4n) is 2.13. The van der Waals surface area contributed by atoms with Gasteiger partial charge in [0.05, 0.1) is 21.3 Å². The van der Waals surface area contributed by atoms with Crippen molar-refractivity contribution in [2.45, 2.75) is 38.8 Å². The fourth-order valence-corrected chi connectivity index (χ4v) is 2.13. The first kappa shape index (κ1) is 20.4. The summed E-state index contributed by atoms with van der Waals surface area (Å²) in [6.07, 6.45) is -0.864. The standard InChI is InChI=1S/C17H25NO7/c1-17(2,3)25-16(21)18-12(15(19)20)9-11-13(23-5)7-10(22-4)8-14(11)24-6/h7-8,12H,9H2,1-6H3,(H,18,21)(H,19,20)/t12-/m0/s1. The van der Waals surface area contributed by atoms with Crippen molar-refractivity contribution in [3.63, 3.8) is 0 Å². The molecule has 0 bridgehead atoms. The molecule has 1 atom stereocenters. The van der Waals surface area contributed by atoms with Crippen LogP contribution in [0.25, 0.3) is 0 Å². The van der Waals surface area contributed by atoms with Crippen molar-refractivity contribution in [2.24, 2.45) is 0 Å². The highest BCUT2D eigenvalue weighted by molar-refractivity contribution is 5.80. The SMILES string of the molecule is COc1cc(OC)c(C[C@H](NC(=O)OC(C)(C)C)C(=O)O)c(OC)c1. The van der Waals surface area contributed by atoms with Crippen molar-refractivity contribution in [3.8, 4) is 17.2 Å². The summed E-state index contributed by atoms with van der Waals surface area (Å²) in [5.41, 5.74) is -0.239. The van der Waals surface area contributed by atoms with Crippen molar-refractivity contribution in [3.05, 3.63) is 17.7 Å². The third kappa shape index (κ3) is 6.06. The van der Waals surface area contributed by atoms with Gasteiger partial charge >= 0.3 is 12.1 Å². The number of aliphatic carboxylic acids is 1. The largest absolute Gasteiger partial charge is 0.496 e. The number of carboxylic acid groups (broad SMARTS) is 1. The van der Waals surface area contributed by atoms with Gasteiger partial charge in [0.15, 0.2) is 0 Å². The Labute approximate surface area is 147 Å². The zero-order valence-electron chi connectivity index (χ0n) is 15.3. The molecule has 0 aliphatic rings. The Morgan fingerprint density at radius 3 is 1.96 bits per heavy atom. The lowest BCUT2D eigenvalue weighted by molar-refractivity contribution is -0.139. The van der Waals surface area contributed by atoms with E-state index in [-0.39, 0.29) is 6.42 Å². The molecule has 1 rings (SSSR count). The van der Waals surface area contributed by atoms with E-state index in [4.69, 9.17) is 18.9 Å². The molecule has 25 heavy (non-hydrogen) atoms. The van der Waals surface area contributed by atoms with Crippen LogP contribution in [0.1, 0.15) is 26.3 Å². The molecule has 0 heterocycles. The first-order chi connectivity index (χ1) is 11.6. The predicted octanol–water partition coefficient (Wildman–Crippen LogP) is 2.23. The zero-order valence-corrected chi connectivity index (χ0v) is 15.3. The highest BCUT2D eigenvalue weighted by Crippen LogP contribution is 2.35. The summed E-state index contributed by atoms with van der Waals surface area (Å²) in [7, 11) is 4.40. The van der Waals surface area contributed by atoms with Gasteiger partial charge in [-0.2, -0.15) is 0 Å². The second-order valence-electron chi connectivity index (χ2n) is 6.25. The number of alkyl carbamates (subject to hydrolysis) is 1. The number of carbonyl (C=O) groups excluding carboxylic acids is 1. The van der Waals surface area contributed by atoms with Crippen molar-refractivity contribution < 1.29 is 33.6 Å². The predicted molar refractivity (Wildman–Crippen MR) is 90.6 cm³/mol. The first-order valence-corrected chi connectivity index (χ1v) is 7.62. The van der Waals surface area contributed by atoms with Gasteiger partial charge in [0, 0.05) is 24.1 Å². The van der Waals surface area contributed by atoms with Gasteiger partial charge < -0.3 is 29.4 Å². The van der Waals surface area contributed by atoms with Gasteiger partial charge in [-0.25, -0.2) is 9.59 Å². The molecule has 8 heteroatoms. The molecule has 0 fully saturated rings. The van der Waals surface area contributed by atoms with Gasteiger partial charge in [-0.3, -0.25) is 0 Å². The van der Waals surface area contributed by atoms with Crippen LogP contribution in [0.3, 0.4) is 0 Å². The molecule has 8 nitrogen and oxygen atoms in total. The van der Waals surface area contributed by atoms with Crippen molar-refractivity contribution >= 4 is 12.1 Å². The molecular weight excluding hydrogens is 330 g/mol. The lowest BCUT2D eigenvalue weighted by Gasteiger charge is -2.23. The van der Waals surface area contributed by atoms with Gasteiger partial charge in [-0.15, -0.1) is 0 Å². The fraction of sp³-hybridized carbons (Fsp3) is 0.529. The van der Waals surface area contributed by atoms with Gasteiger partial charge in [0.25, 0.3) is 0 Å². The Kier molecular flexibility index (Phi) is 6.90.